The molecule has 0 aromatic heterocycles. The van der Waals surface area contributed by atoms with Crippen LogP contribution in [0, 0.1) is 17.3 Å². The first-order chi connectivity index (χ1) is 13.3. The maximum Gasteiger partial charge on any atom is 0.308 e. The highest BCUT2D eigenvalue weighted by Crippen LogP contribution is 2.61. The highest BCUT2D eigenvalue weighted by molar-refractivity contribution is 5.82. The Morgan fingerprint density at radius 1 is 1.11 bits per heavy atom. The van der Waals surface area contributed by atoms with Gasteiger partial charge < -0.3 is 9.47 Å². The van der Waals surface area contributed by atoms with Crippen molar-refractivity contribution in [2.45, 2.75) is 71.3 Å². The molecule has 2 saturated carbocycles. The summed E-state index contributed by atoms with van der Waals surface area (Å²) >= 11 is 0. The predicted octanol–water partition coefficient (Wildman–Crippen LogP) is 4.21. The molecule has 0 amide bonds. The summed E-state index contributed by atoms with van der Waals surface area (Å²) < 4.78 is 10.9. The number of aldehydes is 1. The zero-order valence-corrected chi connectivity index (χ0v) is 16.8. The van der Waals surface area contributed by atoms with Crippen LogP contribution in [0.1, 0.15) is 80.3 Å². The van der Waals surface area contributed by atoms with Crippen LogP contribution < -0.4 is 4.74 Å². The van der Waals surface area contributed by atoms with E-state index in [1.165, 1.54) is 25.0 Å². The summed E-state index contributed by atoms with van der Waals surface area (Å²) in [5.74, 6) is 1.28. The van der Waals surface area contributed by atoms with Crippen LogP contribution in [-0.2, 0) is 20.7 Å². The minimum absolute atomic E-state index is 0.0224. The zero-order valence-electron chi connectivity index (χ0n) is 16.8. The molecule has 1 aromatic rings. The van der Waals surface area contributed by atoms with Gasteiger partial charge in [0.15, 0.2) is 6.29 Å². The lowest BCUT2D eigenvalue weighted by Gasteiger charge is -2.50. The zero-order chi connectivity index (χ0) is 20.1. The van der Waals surface area contributed by atoms with Gasteiger partial charge in [-0.15, -0.1) is 0 Å². The fourth-order valence-electron chi connectivity index (χ4n) is 6.30. The molecule has 5 atom stereocenters. The molecule has 0 heterocycles. The van der Waals surface area contributed by atoms with Gasteiger partial charge in [-0.3, -0.25) is 14.4 Å². The molecule has 150 valence electrons. The fourth-order valence-corrected chi connectivity index (χ4v) is 6.30. The lowest BCUT2D eigenvalue weighted by molar-refractivity contribution is -0.154. The monoisotopic (exact) mass is 384 g/mol. The van der Waals surface area contributed by atoms with Gasteiger partial charge >= 0.3 is 11.9 Å². The Morgan fingerprint density at radius 2 is 1.89 bits per heavy atom. The summed E-state index contributed by atoms with van der Waals surface area (Å²) in [6.45, 7) is 5.15. The Balaban J connectivity index is 1.65. The molecule has 0 aliphatic heterocycles. The van der Waals surface area contributed by atoms with Crippen LogP contribution in [0.25, 0.3) is 0 Å². The molecule has 0 radical (unpaired) electrons. The number of rotatable bonds is 3. The molecule has 1 aromatic carbocycles. The van der Waals surface area contributed by atoms with Crippen molar-refractivity contribution in [2.75, 3.05) is 0 Å². The van der Waals surface area contributed by atoms with Gasteiger partial charge in [-0.25, -0.2) is 0 Å². The number of hydrogen-bond donors (Lipinski definition) is 0. The molecule has 0 saturated heterocycles. The Bertz CT molecular complexity index is 829. The molecule has 0 unspecified atom stereocenters. The highest BCUT2D eigenvalue weighted by atomic mass is 16.5. The molecule has 0 bridgehead atoms. The molecular formula is C23H28O5. The van der Waals surface area contributed by atoms with E-state index in [1.807, 2.05) is 12.1 Å². The van der Waals surface area contributed by atoms with Crippen LogP contribution in [0.4, 0.5) is 0 Å². The first kappa shape index (κ1) is 19.2. The third-order valence-electron chi connectivity index (χ3n) is 7.46. The molecule has 4 rings (SSSR count). The van der Waals surface area contributed by atoms with E-state index in [9.17, 15) is 14.4 Å². The second-order valence-electron chi connectivity index (χ2n) is 8.94. The Morgan fingerprint density at radius 3 is 2.57 bits per heavy atom. The molecule has 0 N–H and O–H groups in total. The number of hydrogen-bond acceptors (Lipinski definition) is 5. The van der Waals surface area contributed by atoms with Gasteiger partial charge in [0.2, 0.25) is 0 Å². The Hall–Kier alpha value is -2.17. The maximum absolute atomic E-state index is 11.6. The highest BCUT2D eigenvalue weighted by Gasteiger charge is 2.56. The smallest absolute Gasteiger partial charge is 0.308 e. The summed E-state index contributed by atoms with van der Waals surface area (Å²) in [6.07, 6.45) is 6.92. The van der Waals surface area contributed by atoms with E-state index in [4.69, 9.17) is 9.47 Å². The standard InChI is InChI=1S/C23H28O5/c1-13(25)27-21-11-15-4-5-18-17(19(15)10-16(21)12-24)8-9-23(3)20(18)6-7-22(23)28-14(2)26/h10-12,17-18,20,22H,4-9H2,1-3H3/t17-,18+,20-,22-,23-/m0/s1. The number of esters is 2. The average Bonchev–Trinajstić information content (AvgIpc) is 2.96. The topological polar surface area (TPSA) is 69.7 Å². The van der Waals surface area contributed by atoms with E-state index in [0.717, 1.165) is 44.8 Å². The van der Waals surface area contributed by atoms with Gasteiger partial charge in [-0.05, 0) is 79.5 Å². The van der Waals surface area contributed by atoms with Crippen LogP contribution in [0.15, 0.2) is 12.1 Å². The van der Waals surface area contributed by atoms with E-state index < -0.39 is 5.97 Å². The molecule has 3 aliphatic rings. The molecule has 2 fully saturated rings. The quantitative estimate of drug-likeness (QED) is 0.443. The Kier molecular flexibility index (Phi) is 4.80. The van der Waals surface area contributed by atoms with E-state index in [2.05, 4.69) is 6.92 Å². The largest absolute Gasteiger partial charge is 0.462 e. The van der Waals surface area contributed by atoms with Crippen molar-refractivity contribution in [1.82, 2.24) is 0 Å². The molecule has 0 spiro atoms. The number of benzene rings is 1. The van der Waals surface area contributed by atoms with Crippen molar-refractivity contribution < 1.29 is 23.9 Å². The van der Waals surface area contributed by atoms with Crippen molar-refractivity contribution in [2.24, 2.45) is 17.3 Å². The fraction of sp³-hybridized carbons (Fsp3) is 0.609. The van der Waals surface area contributed by atoms with Crippen molar-refractivity contribution in [3.8, 4) is 5.75 Å². The minimum atomic E-state index is -0.410. The SMILES string of the molecule is CC(=O)Oc1cc2c(cc1C=O)[C@H]1CC[C@]3(C)[C@@H](OC(C)=O)CC[C@H]3[C@@H]1CC2. The first-order valence-corrected chi connectivity index (χ1v) is 10.3. The van der Waals surface area contributed by atoms with Gasteiger partial charge in [-0.1, -0.05) is 6.92 Å². The van der Waals surface area contributed by atoms with E-state index in [-0.39, 0.29) is 17.5 Å². The van der Waals surface area contributed by atoms with Crippen LogP contribution in [-0.4, -0.2) is 24.3 Å². The summed E-state index contributed by atoms with van der Waals surface area (Å²) in [5.41, 5.74) is 2.94. The van der Waals surface area contributed by atoms with Gasteiger partial charge in [0.1, 0.15) is 11.9 Å². The van der Waals surface area contributed by atoms with Gasteiger partial charge in [0, 0.05) is 19.3 Å². The van der Waals surface area contributed by atoms with Crippen LogP contribution in [0.2, 0.25) is 0 Å². The third-order valence-corrected chi connectivity index (χ3v) is 7.46. The summed E-state index contributed by atoms with van der Waals surface area (Å²) in [7, 11) is 0. The second-order valence-corrected chi connectivity index (χ2v) is 8.94. The second kappa shape index (κ2) is 7.02. The van der Waals surface area contributed by atoms with E-state index in [1.54, 1.807) is 0 Å². The normalized spacial score (nSPS) is 33.2. The number of aryl methyl sites for hydroxylation is 1. The third kappa shape index (κ3) is 3.05. The van der Waals surface area contributed by atoms with Crippen molar-refractivity contribution in [3.05, 3.63) is 28.8 Å². The molecule has 5 nitrogen and oxygen atoms in total. The number of ether oxygens (including phenoxy) is 2. The number of carbonyl (C=O) groups is 3. The van der Waals surface area contributed by atoms with Crippen LogP contribution >= 0.6 is 0 Å². The van der Waals surface area contributed by atoms with E-state index in [0.29, 0.717) is 29.1 Å². The van der Waals surface area contributed by atoms with Crippen LogP contribution in [0.3, 0.4) is 0 Å². The lowest BCUT2D eigenvalue weighted by atomic mass is 9.55. The molecule has 5 heteroatoms. The maximum atomic E-state index is 11.6. The van der Waals surface area contributed by atoms with Gasteiger partial charge in [0.25, 0.3) is 0 Å². The van der Waals surface area contributed by atoms with Crippen molar-refractivity contribution in [3.63, 3.8) is 0 Å². The summed E-state index contributed by atoms with van der Waals surface area (Å²) in [4.78, 5) is 34.5. The van der Waals surface area contributed by atoms with Crippen LogP contribution in [0.5, 0.6) is 5.75 Å². The molecular weight excluding hydrogens is 356 g/mol. The Labute approximate surface area is 165 Å². The molecule has 28 heavy (non-hydrogen) atoms. The number of fused-ring (bicyclic) bond motifs is 5. The van der Waals surface area contributed by atoms with Crippen molar-refractivity contribution in [1.29, 1.82) is 0 Å². The predicted molar refractivity (Wildman–Crippen MR) is 103 cm³/mol. The lowest BCUT2D eigenvalue weighted by Crippen LogP contribution is -2.45. The summed E-state index contributed by atoms with van der Waals surface area (Å²) in [5, 5.41) is 0. The summed E-state index contributed by atoms with van der Waals surface area (Å²) in [6, 6.07) is 3.83. The minimum Gasteiger partial charge on any atom is -0.462 e. The van der Waals surface area contributed by atoms with Gasteiger partial charge in [0.05, 0.1) is 5.56 Å². The number of carbonyl (C=O) groups excluding carboxylic acids is 3. The van der Waals surface area contributed by atoms with Gasteiger partial charge in [-0.2, -0.15) is 0 Å². The van der Waals surface area contributed by atoms with Crippen molar-refractivity contribution >= 4 is 18.2 Å². The van der Waals surface area contributed by atoms with E-state index >= 15 is 0 Å². The molecule has 3 aliphatic carbocycles. The average molecular weight is 384 g/mol. The first-order valence-electron chi connectivity index (χ1n) is 10.3.